The Bertz CT molecular complexity index is 814. The minimum absolute atomic E-state index is 0.0936. The van der Waals surface area contributed by atoms with E-state index in [1.807, 2.05) is 35.2 Å². The number of carbonyl (C=O) groups is 2. The number of piperidine rings is 1. The lowest BCUT2D eigenvalue weighted by molar-refractivity contribution is -0.132. The highest BCUT2D eigenvalue weighted by Crippen LogP contribution is 2.28. The standard InChI is InChI=1S/C24H30N2O3/c1-19(27)26(22-10-6-7-11-23(22)29-2)17-14-24(28)25-15-12-21(13-16-25)18-20-8-4-3-5-9-20/h3-11,21H,12-18H2,1-2H3. The van der Waals surface area contributed by atoms with Gasteiger partial charge in [0.05, 0.1) is 12.8 Å². The van der Waals surface area contributed by atoms with Crippen molar-refractivity contribution in [2.75, 3.05) is 31.6 Å². The molecule has 5 heteroatoms. The molecule has 0 bridgehead atoms. The number of amides is 2. The van der Waals surface area contributed by atoms with Crippen molar-refractivity contribution in [3.8, 4) is 5.75 Å². The highest BCUT2D eigenvalue weighted by Gasteiger charge is 2.24. The third-order valence-electron chi connectivity index (χ3n) is 5.64. The molecule has 2 aromatic rings. The van der Waals surface area contributed by atoms with Crippen molar-refractivity contribution in [1.29, 1.82) is 0 Å². The van der Waals surface area contributed by atoms with Crippen molar-refractivity contribution in [3.05, 3.63) is 60.2 Å². The number of methoxy groups -OCH3 is 1. The molecule has 0 N–H and O–H groups in total. The minimum atomic E-state index is -0.0936. The van der Waals surface area contributed by atoms with Gasteiger partial charge in [0.15, 0.2) is 0 Å². The number of hydrogen-bond acceptors (Lipinski definition) is 3. The molecule has 0 aliphatic carbocycles. The molecule has 1 fully saturated rings. The molecule has 5 nitrogen and oxygen atoms in total. The van der Waals surface area contributed by atoms with Crippen LogP contribution in [0, 0.1) is 5.92 Å². The molecule has 0 radical (unpaired) electrons. The van der Waals surface area contributed by atoms with Crippen LogP contribution < -0.4 is 9.64 Å². The molecule has 0 unspecified atom stereocenters. The maximum atomic E-state index is 12.7. The van der Waals surface area contributed by atoms with Gasteiger partial charge in [-0.15, -0.1) is 0 Å². The molecule has 2 amide bonds. The van der Waals surface area contributed by atoms with E-state index in [0.29, 0.717) is 30.3 Å². The number of para-hydroxylation sites is 2. The average Bonchev–Trinajstić information content (AvgIpc) is 2.75. The second-order valence-corrected chi connectivity index (χ2v) is 7.61. The molecule has 3 rings (SSSR count). The summed E-state index contributed by atoms with van der Waals surface area (Å²) in [5, 5.41) is 0. The highest BCUT2D eigenvalue weighted by molar-refractivity contribution is 5.93. The normalized spacial score (nSPS) is 14.5. The Morgan fingerprint density at radius 1 is 1.03 bits per heavy atom. The van der Waals surface area contributed by atoms with E-state index in [0.717, 1.165) is 32.4 Å². The van der Waals surface area contributed by atoms with Gasteiger partial charge < -0.3 is 14.5 Å². The molecule has 1 aliphatic rings. The number of rotatable bonds is 7. The number of hydrogen-bond donors (Lipinski definition) is 0. The molecule has 0 spiro atoms. The predicted octanol–water partition coefficient (Wildman–Crippen LogP) is 3.92. The second-order valence-electron chi connectivity index (χ2n) is 7.61. The van der Waals surface area contributed by atoms with Gasteiger partial charge in [-0.1, -0.05) is 42.5 Å². The quantitative estimate of drug-likeness (QED) is 0.715. The van der Waals surface area contributed by atoms with Crippen molar-refractivity contribution >= 4 is 17.5 Å². The van der Waals surface area contributed by atoms with E-state index in [1.54, 1.807) is 12.0 Å². The molecule has 154 valence electrons. The summed E-state index contributed by atoms with van der Waals surface area (Å²) < 4.78 is 5.37. The van der Waals surface area contributed by atoms with Crippen LogP contribution in [0.15, 0.2) is 54.6 Å². The van der Waals surface area contributed by atoms with Crippen LogP contribution in [0.1, 0.15) is 31.7 Å². The van der Waals surface area contributed by atoms with Gasteiger partial charge in [-0.2, -0.15) is 0 Å². The Hall–Kier alpha value is -2.82. The van der Waals surface area contributed by atoms with Gasteiger partial charge >= 0.3 is 0 Å². The summed E-state index contributed by atoms with van der Waals surface area (Å²) in [6, 6.07) is 18.0. The Morgan fingerprint density at radius 2 is 1.69 bits per heavy atom. The van der Waals surface area contributed by atoms with E-state index in [4.69, 9.17) is 4.74 Å². The maximum Gasteiger partial charge on any atom is 0.224 e. The molecule has 29 heavy (non-hydrogen) atoms. The Morgan fingerprint density at radius 3 is 2.34 bits per heavy atom. The van der Waals surface area contributed by atoms with E-state index < -0.39 is 0 Å². The molecule has 0 saturated carbocycles. The SMILES string of the molecule is COc1ccccc1N(CCC(=O)N1CCC(Cc2ccccc2)CC1)C(C)=O. The summed E-state index contributed by atoms with van der Waals surface area (Å²) in [7, 11) is 1.59. The van der Waals surface area contributed by atoms with Crippen molar-refractivity contribution in [1.82, 2.24) is 4.90 Å². The number of nitrogens with zero attached hydrogens (tertiary/aromatic N) is 2. The number of ether oxygens (including phenoxy) is 1. The van der Waals surface area contributed by atoms with Gasteiger partial charge in [0, 0.05) is 33.0 Å². The first-order chi connectivity index (χ1) is 14.1. The minimum Gasteiger partial charge on any atom is -0.495 e. The number of anilines is 1. The van der Waals surface area contributed by atoms with Gasteiger partial charge in [0.25, 0.3) is 0 Å². The highest BCUT2D eigenvalue weighted by atomic mass is 16.5. The van der Waals surface area contributed by atoms with Crippen molar-refractivity contribution in [2.24, 2.45) is 5.92 Å². The predicted molar refractivity (Wildman–Crippen MR) is 115 cm³/mol. The van der Waals surface area contributed by atoms with E-state index in [1.165, 1.54) is 12.5 Å². The van der Waals surface area contributed by atoms with Gasteiger partial charge in [-0.3, -0.25) is 9.59 Å². The van der Waals surface area contributed by atoms with Crippen LogP contribution in [-0.4, -0.2) is 43.5 Å². The second kappa shape index (κ2) is 10.1. The smallest absolute Gasteiger partial charge is 0.224 e. The first-order valence-electron chi connectivity index (χ1n) is 10.3. The molecule has 2 aromatic carbocycles. The molecular formula is C24H30N2O3. The first-order valence-corrected chi connectivity index (χ1v) is 10.3. The topological polar surface area (TPSA) is 49.9 Å². The largest absolute Gasteiger partial charge is 0.495 e. The first kappa shape index (κ1) is 20.9. The third-order valence-corrected chi connectivity index (χ3v) is 5.64. The van der Waals surface area contributed by atoms with Crippen LogP contribution in [0.3, 0.4) is 0 Å². The molecular weight excluding hydrogens is 364 g/mol. The van der Waals surface area contributed by atoms with E-state index in [9.17, 15) is 9.59 Å². The zero-order valence-electron chi connectivity index (χ0n) is 17.3. The summed E-state index contributed by atoms with van der Waals surface area (Å²) in [5.41, 5.74) is 2.07. The summed E-state index contributed by atoms with van der Waals surface area (Å²) in [6.45, 7) is 3.47. The molecule has 1 heterocycles. The summed E-state index contributed by atoms with van der Waals surface area (Å²) in [5.74, 6) is 1.29. The lowest BCUT2D eigenvalue weighted by Crippen LogP contribution is -2.41. The van der Waals surface area contributed by atoms with Crippen molar-refractivity contribution in [3.63, 3.8) is 0 Å². The zero-order chi connectivity index (χ0) is 20.6. The lowest BCUT2D eigenvalue weighted by Gasteiger charge is -2.33. The summed E-state index contributed by atoms with van der Waals surface area (Å²) >= 11 is 0. The van der Waals surface area contributed by atoms with Crippen LogP contribution in [0.4, 0.5) is 5.69 Å². The number of likely N-dealkylation sites (tertiary alicyclic amines) is 1. The maximum absolute atomic E-state index is 12.7. The fourth-order valence-corrected chi connectivity index (χ4v) is 4.00. The van der Waals surface area contributed by atoms with Crippen LogP contribution >= 0.6 is 0 Å². The fraction of sp³-hybridized carbons (Fsp3) is 0.417. The average molecular weight is 395 g/mol. The van der Waals surface area contributed by atoms with E-state index in [-0.39, 0.29) is 11.8 Å². The summed E-state index contributed by atoms with van der Waals surface area (Å²) in [4.78, 5) is 28.5. The number of carbonyl (C=O) groups excluding carboxylic acids is 2. The molecule has 1 saturated heterocycles. The zero-order valence-corrected chi connectivity index (χ0v) is 17.3. The molecule has 1 aliphatic heterocycles. The Balaban J connectivity index is 1.51. The summed E-state index contributed by atoms with van der Waals surface area (Å²) in [6.07, 6.45) is 3.46. The van der Waals surface area contributed by atoms with Crippen LogP contribution in [-0.2, 0) is 16.0 Å². The molecule has 0 aromatic heterocycles. The lowest BCUT2D eigenvalue weighted by atomic mass is 9.90. The Kier molecular flexibility index (Phi) is 7.28. The van der Waals surface area contributed by atoms with Gasteiger partial charge in [-0.25, -0.2) is 0 Å². The van der Waals surface area contributed by atoms with Crippen LogP contribution in [0.5, 0.6) is 5.75 Å². The van der Waals surface area contributed by atoms with E-state index >= 15 is 0 Å². The molecule has 0 atom stereocenters. The van der Waals surface area contributed by atoms with Gasteiger partial charge in [0.1, 0.15) is 5.75 Å². The van der Waals surface area contributed by atoms with Gasteiger partial charge in [-0.05, 0) is 42.9 Å². The third kappa shape index (κ3) is 5.59. The monoisotopic (exact) mass is 394 g/mol. The van der Waals surface area contributed by atoms with Crippen LogP contribution in [0.25, 0.3) is 0 Å². The van der Waals surface area contributed by atoms with Gasteiger partial charge in [0.2, 0.25) is 11.8 Å². The number of benzene rings is 2. The fourth-order valence-electron chi connectivity index (χ4n) is 4.00. The van der Waals surface area contributed by atoms with Crippen molar-refractivity contribution < 1.29 is 14.3 Å². The Labute approximate surface area is 173 Å². The van der Waals surface area contributed by atoms with Crippen LogP contribution in [0.2, 0.25) is 0 Å². The van der Waals surface area contributed by atoms with E-state index in [2.05, 4.69) is 24.3 Å². The van der Waals surface area contributed by atoms with Crippen molar-refractivity contribution in [2.45, 2.75) is 32.6 Å².